The van der Waals surface area contributed by atoms with Crippen LogP contribution in [0.5, 0.6) is 0 Å². The SMILES string of the molecule is Cc1ccc(NC(=O)COC(=O)Cc2cccc(F)c2)cc1S(N)(=O)=O. The Morgan fingerprint density at radius 3 is 2.58 bits per heavy atom. The minimum absolute atomic E-state index is 0.113. The highest BCUT2D eigenvalue weighted by atomic mass is 32.2. The maximum Gasteiger partial charge on any atom is 0.310 e. The van der Waals surface area contributed by atoms with Crippen molar-refractivity contribution in [1.29, 1.82) is 0 Å². The second kappa shape index (κ2) is 8.07. The molecule has 0 spiro atoms. The maximum atomic E-state index is 13.1. The normalized spacial score (nSPS) is 11.0. The third-order valence-electron chi connectivity index (χ3n) is 3.38. The number of hydrogen-bond acceptors (Lipinski definition) is 5. The van der Waals surface area contributed by atoms with E-state index in [0.29, 0.717) is 11.1 Å². The number of esters is 1. The predicted molar refractivity (Wildman–Crippen MR) is 92.2 cm³/mol. The molecule has 0 heterocycles. The fourth-order valence-electron chi connectivity index (χ4n) is 2.19. The second-order valence-corrected chi connectivity index (χ2v) is 7.07. The van der Waals surface area contributed by atoms with Gasteiger partial charge in [0.2, 0.25) is 10.0 Å². The van der Waals surface area contributed by atoms with Crippen molar-refractivity contribution < 1.29 is 27.1 Å². The largest absolute Gasteiger partial charge is 0.455 e. The summed E-state index contributed by atoms with van der Waals surface area (Å²) < 4.78 is 40.8. The summed E-state index contributed by atoms with van der Waals surface area (Å²) in [7, 11) is -3.92. The van der Waals surface area contributed by atoms with Crippen molar-refractivity contribution in [3.8, 4) is 0 Å². The zero-order chi connectivity index (χ0) is 19.3. The third kappa shape index (κ3) is 5.64. The second-order valence-electron chi connectivity index (χ2n) is 5.54. The molecule has 2 rings (SSSR count). The molecule has 0 aliphatic rings. The molecular formula is C17H17FN2O5S. The molecule has 0 fully saturated rings. The molecular weight excluding hydrogens is 363 g/mol. The number of anilines is 1. The molecule has 0 unspecified atom stereocenters. The van der Waals surface area contributed by atoms with Crippen LogP contribution in [0.1, 0.15) is 11.1 Å². The molecule has 9 heteroatoms. The monoisotopic (exact) mass is 380 g/mol. The van der Waals surface area contributed by atoms with E-state index in [1.165, 1.54) is 36.4 Å². The average molecular weight is 380 g/mol. The summed E-state index contributed by atoms with van der Waals surface area (Å²) >= 11 is 0. The van der Waals surface area contributed by atoms with Gasteiger partial charge >= 0.3 is 5.97 Å². The molecule has 0 bridgehead atoms. The quantitative estimate of drug-likeness (QED) is 0.737. The van der Waals surface area contributed by atoms with Gasteiger partial charge in [0.1, 0.15) is 5.82 Å². The summed E-state index contributed by atoms with van der Waals surface area (Å²) in [5.41, 5.74) is 1.06. The summed E-state index contributed by atoms with van der Waals surface area (Å²) in [6.45, 7) is 1.01. The number of hydrogen-bond donors (Lipinski definition) is 2. The number of nitrogens with one attached hydrogen (secondary N) is 1. The fraction of sp³-hybridized carbons (Fsp3) is 0.176. The van der Waals surface area contributed by atoms with E-state index >= 15 is 0 Å². The Labute approximate surface area is 150 Å². The molecule has 0 aliphatic heterocycles. The topological polar surface area (TPSA) is 116 Å². The Hall–Kier alpha value is -2.78. The van der Waals surface area contributed by atoms with Gasteiger partial charge in [-0.1, -0.05) is 18.2 Å². The molecule has 1 amide bonds. The number of benzene rings is 2. The first kappa shape index (κ1) is 19.5. The number of rotatable bonds is 6. The van der Waals surface area contributed by atoms with Crippen LogP contribution in [0.25, 0.3) is 0 Å². The molecule has 138 valence electrons. The van der Waals surface area contributed by atoms with Gasteiger partial charge in [0.25, 0.3) is 5.91 Å². The predicted octanol–water partition coefficient (Wildman–Crippen LogP) is 1.51. The molecule has 0 atom stereocenters. The van der Waals surface area contributed by atoms with E-state index in [-0.39, 0.29) is 17.0 Å². The van der Waals surface area contributed by atoms with Gasteiger partial charge in [-0.15, -0.1) is 0 Å². The summed E-state index contributed by atoms with van der Waals surface area (Å²) in [4.78, 5) is 23.4. The molecule has 7 nitrogen and oxygen atoms in total. The van der Waals surface area contributed by atoms with Crippen molar-refractivity contribution in [3.05, 3.63) is 59.4 Å². The first-order chi connectivity index (χ1) is 12.1. The molecule has 2 aromatic rings. The van der Waals surface area contributed by atoms with Gasteiger partial charge in [0, 0.05) is 5.69 Å². The lowest BCUT2D eigenvalue weighted by atomic mass is 10.1. The van der Waals surface area contributed by atoms with Crippen LogP contribution < -0.4 is 10.5 Å². The van der Waals surface area contributed by atoms with Crippen molar-refractivity contribution in [2.45, 2.75) is 18.2 Å². The highest BCUT2D eigenvalue weighted by Gasteiger charge is 2.14. The lowest BCUT2D eigenvalue weighted by Gasteiger charge is -2.09. The number of carbonyl (C=O) groups is 2. The highest BCUT2D eigenvalue weighted by molar-refractivity contribution is 7.89. The van der Waals surface area contributed by atoms with Crippen LogP contribution in [-0.4, -0.2) is 26.9 Å². The Balaban J connectivity index is 1.92. The number of ether oxygens (including phenoxy) is 1. The zero-order valence-corrected chi connectivity index (χ0v) is 14.7. The number of sulfonamides is 1. The first-order valence-electron chi connectivity index (χ1n) is 7.48. The van der Waals surface area contributed by atoms with Gasteiger partial charge in [-0.05, 0) is 42.3 Å². The van der Waals surface area contributed by atoms with Crippen LogP contribution in [0, 0.1) is 12.7 Å². The van der Waals surface area contributed by atoms with Crippen LogP contribution in [-0.2, 0) is 30.8 Å². The first-order valence-corrected chi connectivity index (χ1v) is 9.03. The van der Waals surface area contributed by atoms with Crippen molar-refractivity contribution >= 4 is 27.6 Å². The summed E-state index contributed by atoms with van der Waals surface area (Å²) in [5, 5.41) is 7.52. The summed E-state index contributed by atoms with van der Waals surface area (Å²) in [5.74, 6) is -1.82. The van der Waals surface area contributed by atoms with E-state index in [4.69, 9.17) is 9.88 Å². The van der Waals surface area contributed by atoms with E-state index in [1.54, 1.807) is 13.0 Å². The molecule has 0 aromatic heterocycles. The van der Waals surface area contributed by atoms with Gasteiger partial charge in [0.05, 0.1) is 11.3 Å². The lowest BCUT2D eigenvalue weighted by Crippen LogP contribution is -2.22. The summed E-state index contributed by atoms with van der Waals surface area (Å²) in [6, 6.07) is 9.68. The van der Waals surface area contributed by atoms with Crippen LogP contribution in [0.15, 0.2) is 47.4 Å². The number of halogens is 1. The molecule has 2 aromatic carbocycles. The molecule has 0 radical (unpaired) electrons. The van der Waals surface area contributed by atoms with Crippen molar-refractivity contribution in [3.63, 3.8) is 0 Å². The minimum Gasteiger partial charge on any atom is -0.455 e. The highest BCUT2D eigenvalue weighted by Crippen LogP contribution is 2.18. The smallest absolute Gasteiger partial charge is 0.310 e. The zero-order valence-electron chi connectivity index (χ0n) is 13.9. The Kier molecular flexibility index (Phi) is 6.06. The maximum absolute atomic E-state index is 13.1. The Bertz CT molecular complexity index is 944. The van der Waals surface area contributed by atoms with Crippen LogP contribution in [0.3, 0.4) is 0 Å². The van der Waals surface area contributed by atoms with E-state index < -0.39 is 34.3 Å². The van der Waals surface area contributed by atoms with Crippen LogP contribution >= 0.6 is 0 Å². The number of nitrogens with two attached hydrogens (primary N) is 1. The molecule has 0 saturated heterocycles. The van der Waals surface area contributed by atoms with Crippen molar-refractivity contribution in [2.24, 2.45) is 5.14 Å². The van der Waals surface area contributed by atoms with Crippen LogP contribution in [0.4, 0.5) is 10.1 Å². The van der Waals surface area contributed by atoms with Crippen molar-refractivity contribution in [2.75, 3.05) is 11.9 Å². The third-order valence-corrected chi connectivity index (χ3v) is 4.43. The standard InChI is InChI=1S/C17H17FN2O5S/c1-11-5-6-14(9-15(11)26(19,23)24)20-16(21)10-25-17(22)8-12-3-2-4-13(18)7-12/h2-7,9H,8,10H2,1H3,(H,20,21)(H2,19,23,24). The minimum atomic E-state index is -3.92. The van der Waals surface area contributed by atoms with E-state index in [1.807, 2.05) is 0 Å². The van der Waals surface area contributed by atoms with Gasteiger partial charge in [-0.25, -0.2) is 17.9 Å². The van der Waals surface area contributed by atoms with E-state index in [2.05, 4.69) is 5.32 Å². The van der Waals surface area contributed by atoms with Gasteiger partial charge in [0.15, 0.2) is 6.61 Å². The van der Waals surface area contributed by atoms with E-state index in [9.17, 15) is 22.4 Å². The number of carbonyl (C=O) groups excluding carboxylic acids is 2. The van der Waals surface area contributed by atoms with Crippen molar-refractivity contribution in [1.82, 2.24) is 0 Å². The Morgan fingerprint density at radius 2 is 1.92 bits per heavy atom. The molecule has 26 heavy (non-hydrogen) atoms. The van der Waals surface area contributed by atoms with Crippen LogP contribution in [0.2, 0.25) is 0 Å². The molecule has 0 saturated carbocycles. The van der Waals surface area contributed by atoms with Gasteiger partial charge in [-0.3, -0.25) is 9.59 Å². The number of amides is 1. The summed E-state index contributed by atoms with van der Waals surface area (Å²) in [6.07, 6.45) is -0.175. The fourth-order valence-corrected chi connectivity index (χ4v) is 3.00. The Morgan fingerprint density at radius 1 is 1.19 bits per heavy atom. The van der Waals surface area contributed by atoms with E-state index in [0.717, 1.165) is 0 Å². The lowest BCUT2D eigenvalue weighted by molar-refractivity contribution is -0.146. The van der Waals surface area contributed by atoms with Gasteiger partial charge < -0.3 is 10.1 Å². The van der Waals surface area contributed by atoms with Gasteiger partial charge in [-0.2, -0.15) is 0 Å². The molecule has 0 aliphatic carbocycles. The number of primary sulfonamides is 1. The number of aryl methyl sites for hydroxylation is 1. The molecule has 3 N–H and O–H groups in total. The average Bonchev–Trinajstić information content (AvgIpc) is 2.54.